The van der Waals surface area contributed by atoms with Crippen LogP contribution < -0.4 is 16.8 Å². The lowest BCUT2D eigenvalue weighted by Crippen LogP contribution is -2.38. The van der Waals surface area contributed by atoms with E-state index in [9.17, 15) is 24.0 Å². The number of carboxylic acids is 5. The molecule has 39 heavy (non-hydrogen) atoms. The Morgan fingerprint density at radius 1 is 0.692 bits per heavy atom. The van der Waals surface area contributed by atoms with Crippen molar-refractivity contribution < 1.29 is 49.5 Å². The summed E-state index contributed by atoms with van der Waals surface area (Å²) in [4.78, 5) is 51.9. The average molecular weight is 550 g/mol. The first kappa shape index (κ1) is 34.7. The summed E-state index contributed by atoms with van der Waals surface area (Å²) in [5, 5.41) is 45.2. The second kappa shape index (κ2) is 18.8. The molecule has 10 N–H and O–H groups in total. The first-order chi connectivity index (χ1) is 18.2. The molecular formula is C26H35N3O10. The van der Waals surface area contributed by atoms with Gasteiger partial charge in [0.05, 0.1) is 12.3 Å². The number of aliphatic carboxylic acids is 5. The molecule has 13 heteroatoms. The van der Waals surface area contributed by atoms with Crippen molar-refractivity contribution in [1.82, 2.24) is 5.32 Å². The molecule has 2 aromatic rings. The van der Waals surface area contributed by atoms with Gasteiger partial charge in [-0.05, 0) is 24.0 Å². The average Bonchev–Trinajstić information content (AvgIpc) is 2.88. The lowest BCUT2D eigenvalue weighted by atomic mass is 10.0. The predicted octanol–water partition coefficient (Wildman–Crippen LogP) is 0.854. The van der Waals surface area contributed by atoms with E-state index in [1.807, 2.05) is 60.7 Å². The van der Waals surface area contributed by atoms with Gasteiger partial charge in [-0.15, -0.1) is 0 Å². The minimum Gasteiger partial charge on any atom is -0.481 e. The van der Waals surface area contributed by atoms with Crippen LogP contribution in [0.4, 0.5) is 0 Å². The minimum absolute atomic E-state index is 0.0370. The van der Waals surface area contributed by atoms with Gasteiger partial charge in [-0.2, -0.15) is 0 Å². The lowest BCUT2D eigenvalue weighted by molar-refractivity contribution is -0.146. The van der Waals surface area contributed by atoms with Gasteiger partial charge in [0.1, 0.15) is 18.1 Å². The van der Waals surface area contributed by atoms with E-state index < -0.39 is 60.3 Å². The standard InChI is InChI=1S/C11H13NO4.C9H11NO2.C6H11NO4/c13-10(14)6-9(11(15)16)12-7-8-4-2-1-3-5-8;10-8(9(11)12)6-7-4-2-1-3-5-7;1-3(5(8)9)2-4(7)6(10)11/h1-5,9,12H,6-7H2,(H,13,14)(H,15,16);1-5,8H,6,10H2,(H,11,12);3-4H,2,7H2,1H3,(H,8,9)(H,10,11)/t9-;8-;3?,4-/m000/s1. The largest absolute Gasteiger partial charge is 0.481 e. The second-order valence-corrected chi connectivity index (χ2v) is 8.41. The lowest BCUT2D eigenvalue weighted by Gasteiger charge is -2.11. The number of rotatable bonds is 13. The monoisotopic (exact) mass is 549 g/mol. The molecule has 2 aromatic carbocycles. The number of nitrogens with two attached hydrogens (primary N) is 2. The Bertz CT molecular complexity index is 1030. The summed E-state index contributed by atoms with van der Waals surface area (Å²) in [5.41, 5.74) is 12.3. The molecule has 0 spiro atoms. The van der Waals surface area contributed by atoms with Crippen LogP contribution in [0, 0.1) is 5.92 Å². The first-order valence-corrected chi connectivity index (χ1v) is 11.7. The summed E-state index contributed by atoms with van der Waals surface area (Å²) in [6.45, 7) is 1.76. The summed E-state index contributed by atoms with van der Waals surface area (Å²) in [6, 6.07) is 15.6. The highest BCUT2D eigenvalue weighted by Crippen LogP contribution is 2.04. The Balaban J connectivity index is 0.000000569. The molecule has 0 bridgehead atoms. The number of benzene rings is 2. The van der Waals surface area contributed by atoms with Gasteiger partial charge in [0, 0.05) is 6.54 Å². The van der Waals surface area contributed by atoms with Gasteiger partial charge < -0.3 is 37.0 Å². The molecule has 0 aliphatic carbocycles. The van der Waals surface area contributed by atoms with E-state index in [4.69, 9.17) is 37.0 Å². The molecule has 1 unspecified atom stereocenters. The summed E-state index contributed by atoms with van der Waals surface area (Å²) >= 11 is 0. The third-order valence-corrected chi connectivity index (χ3v) is 5.03. The van der Waals surface area contributed by atoms with Gasteiger partial charge in [-0.25, -0.2) is 0 Å². The Labute approximate surface area is 225 Å². The molecule has 0 saturated heterocycles. The summed E-state index contributed by atoms with van der Waals surface area (Å²) in [7, 11) is 0. The Kier molecular flexibility index (Phi) is 16.8. The normalized spacial score (nSPS) is 13.1. The van der Waals surface area contributed by atoms with Crippen LogP contribution in [0.5, 0.6) is 0 Å². The topological polar surface area (TPSA) is 251 Å². The van der Waals surface area contributed by atoms with Crippen LogP contribution in [0.15, 0.2) is 60.7 Å². The fourth-order valence-electron chi connectivity index (χ4n) is 2.80. The molecule has 0 aliphatic heterocycles. The van der Waals surface area contributed by atoms with Gasteiger partial charge in [-0.1, -0.05) is 67.6 Å². The first-order valence-electron chi connectivity index (χ1n) is 11.7. The number of carboxylic acid groups (broad SMARTS) is 5. The minimum atomic E-state index is -1.17. The maximum atomic E-state index is 10.7. The van der Waals surface area contributed by atoms with Crippen molar-refractivity contribution in [3.8, 4) is 0 Å². The molecule has 0 fully saturated rings. The molecule has 0 aromatic heterocycles. The second-order valence-electron chi connectivity index (χ2n) is 8.41. The maximum absolute atomic E-state index is 10.7. The van der Waals surface area contributed by atoms with Gasteiger partial charge in [0.25, 0.3) is 0 Å². The van der Waals surface area contributed by atoms with Crippen molar-refractivity contribution >= 4 is 29.8 Å². The molecule has 0 amide bonds. The van der Waals surface area contributed by atoms with Gasteiger partial charge >= 0.3 is 29.8 Å². The van der Waals surface area contributed by atoms with E-state index in [1.54, 1.807) is 0 Å². The molecular weight excluding hydrogens is 514 g/mol. The van der Waals surface area contributed by atoms with Crippen LogP contribution in [0.3, 0.4) is 0 Å². The van der Waals surface area contributed by atoms with Crippen molar-refractivity contribution in [2.24, 2.45) is 17.4 Å². The molecule has 214 valence electrons. The highest BCUT2D eigenvalue weighted by atomic mass is 16.4. The quantitative estimate of drug-likeness (QED) is 0.173. The van der Waals surface area contributed by atoms with Gasteiger partial charge in [-0.3, -0.25) is 29.3 Å². The SMILES string of the molecule is CC(C[C@H](N)C(=O)O)C(=O)O.N[C@@H](Cc1ccccc1)C(=O)O.O=C(O)C[C@H](NCc1ccccc1)C(=O)O. The van der Waals surface area contributed by atoms with E-state index in [2.05, 4.69) is 5.32 Å². The van der Waals surface area contributed by atoms with E-state index in [0.29, 0.717) is 13.0 Å². The predicted molar refractivity (Wildman–Crippen MR) is 140 cm³/mol. The Morgan fingerprint density at radius 3 is 1.54 bits per heavy atom. The molecule has 4 atom stereocenters. The molecule has 0 heterocycles. The number of hydrogen-bond acceptors (Lipinski definition) is 8. The highest BCUT2D eigenvalue weighted by Gasteiger charge is 2.20. The summed E-state index contributed by atoms with van der Waals surface area (Å²) in [6.07, 6.45) is -0.0804. The summed E-state index contributed by atoms with van der Waals surface area (Å²) in [5.74, 6) is -6.15. The van der Waals surface area contributed by atoms with Crippen LogP contribution in [0.25, 0.3) is 0 Å². The van der Waals surface area contributed by atoms with Gasteiger partial charge in [0.15, 0.2) is 0 Å². The van der Waals surface area contributed by atoms with E-state index >= 15 is 0 Å². The Hall–Kier alpha value is -4.33. The zero-order valence-electron chi connectivity index (χ0n) is 21.3. The van der Waals surface area contributed by atoms with Crippen LogP contribution in [0.1, 0.15) is 30.9 Å². The third kappa shape index (κ3) is 16.9. The number of hydrogen-bond donors (Lipinski definition) is 8. The Morgan fingerprint density at radius 2 is 1.15 bits per heavy atom. The third-order valence-electron chi connectivity index (χ3n) is 5.03. The van der Waals surface area contributed by atoms with Crippen molar-refractivity contribution in [2.75, 3.05) is 0 Å². The molecule has 13 nitrogen and oxygen atoms in total. The fourth-order valence-corrected chi connectivity index (χ4v) is 2.80. The van der Waals surface area contributed by atoms with E-state index in [0.717, 1.165) is 11.1 Å². The van der Waals surface area contributed by atoms with Crippen LogP contribution >= 0.6 is 0 Å². The number of nitrogens with one attached hydrogen (secondary N) is 1. The van der Waals surface area contributed by atoms with Crippen molar-refractivity contribution in [3.63, 3.8) is 0 Å². The van der Waals surface area contributed by atoms with E-state index in [-0.39, 0.29) is 6.42 Å². The maximum Gasteiger partial charge on any atom is 0.321 e. The highest BCUT2D eigenvalue weighted by molar-refractivity contribution is 5.80. The zero-order chi connectivity index (χ0) is 30.0. The van der Waals surface area contributed by atoms with Gasteiger partial charge in [0.2, 0.25) is 0 Å². The number of carbonyl (C=O) groups is 5. The zero-order valence-corrected chi connectivity index (χ0v) is 21.3. The van der Waals surface area contributed by atoms with Crippen molar-refractivity contribution in [3.05, 3.63) is 71.8 Å². The van der Waals surface area contributed by atoms with Crippen LogP contribution in [0.2, 0.25) is 0 Å². The summed E-state index contributed by atoms with van der Waals surface area (Å²) < 4.78 is 0. The molecule has 0 aliphatic rings. The van der Waals surface area contributed by atoms with Crippen LogP contribution in [-0.4, -0.2) is 73.5 Å². The molecule has 0 saturated carbocycles. The van der Waals surface area contributed by atoms with E-state index in [1.165, 1.54) is 6.92 Å². The van der Waals surface area contributed by atoms with Crippen LogP contribution in [-0.2, 0) is 36.9 Å². The molecule has 0 radical (unpaired) electrons. The smallest absolute Gasteiger partial charge is 0.321 e. The van der Waals surface area contributed by atoms with Crippen molar-refractivity contribution in [1.29, 1.82) is 0 Å². The fraction of sp³-hybridized carbons (Fsp3) is 0.346. The van der Waals surface area contributed by atoms with Crippen molar-refractivity contribution in [2.45, 2.75) is 50.9 Å². The molecule has 2 rings (SSSR count).